The zero-order chi connectivity index (χ0) is 20.9. The Morgan fingerprint density at radius 1 is 1.32 bits per heavy atom. The van der Waals surface area contributed by atoms with Crippen LogP contribution in [0.1, 0.15) is 25.0 Å². The molecule has 1 unspecified atom stereocenters. The van der Waals surface area contributed by atoms with Crippen LogP contribution in [0.15, 0.2) is 23.7 Å². The number of rotatable bonds is 7. The van der Waals surface area contributed by atoms with Crippen molar-refractivity contribution in [1.82, 2.24) is 34.5 Å². The maximum Gasteiger partial charge on any atom is 0.424 e. The molecule has 0 aliphatic heterocycles. The van der Waals surface area contributed by atoms with E-state index in [-0.39, 0.29) is 6.54 Å². The van der Waals surface area contributed by atoms with Gasteiger partial charge in [0.2, 0.25) is 5.60 Å². The second-order valence-electron chi connectivity index (χ2n) is 6.36. The average molecular weight is 402 g/mol. The minimum Gasteiger partial charge on any atom is -0.374 e. The monoisotopic (exact) mass is 402 g/mol. The van der Waals surface area contributed by atoms with Crippen LogP contribution in [0.4, 0.5) is 13.2 Å². The van der Waals surface area contributed by atoms with Gasteiger partial charge in [-0.3, -0.25) is 9.67 Å². The molecule has 2 rings (SSSR count). The molecule has 0 aliphatic rings. The Morgan fingerprint density at radius 2 is 2.04 bits per heavy atom. The topological polar surface area (TPSA) is 96.4 Å². The molecule has 2 N–H and O–H groups in total. The first-order chi connectivity index (χ1) is 13.1. The van der Waals surface area contributed by atoms with E-state index < -0.39 is 24.0 Å². The summed E-state index contributed by atoms with van der Waals surface area (Å²) in [4.78, 5) is 13.8. The van der Waals surface area contributed by atoms with Crippen molar-refractivity contribution in [3.63, 3.8) is 0 Å². The molecule has 2 heterocycles. The molecule has 0 bridgehead atoms. The van der Waals surface area contributed by atoms with Crippen molar-refractivity contribution >= 4 is 5.96 Å². The van der Waals surface area contributed by atoms with Crippen LogP contribution in [0, 0.1) is 0 Å². The lowest BCUT2D eigenvalue weighted by Crippen LogP contribution is -2.45. The third-order valence-corrected chi connectivity index (χ3v) is 4.28. The Labute approximate surface area is 160 Å². The van der Waals surface area contributed by atoms with E-state index in [2.05, 4.69) is 25.4 Å². The quantitative estimate of drug-likeness (QED) is 0.525. The Hall–Kier alpha value is -2.63. The van der Waals surface area contributed by atoms with Gasteiger partial charge in [0.25, 0.3) is 0 Å². The summed E-state index contributed by atoms with van der Waals surface area (Å²) in [5.74, 6) is 0.607. The van der Waals surface area contributed by atoms with Crippen LogP contribution >= 0.6 is 0 Å². The van der Waals surface area contributed by atoms with Gasteiger partial charge in [-0.2, -0.15) is 18.3 Å². The number of aliphatic hydroxyl groups is 1. The molecule has 0 fully saturated rings. The first-order valence-electron chi connectivity index (χ1n) is 8.69. The zero-order valence-electron chi connectivity index (χ0n) is 16.3. The molecule has 2 aromatic heterocycles. The van der Waals surface area contributed by atoms with E-state index in [0.717, 1.165) is 4.57 Å². The molecule has 0 saturated carbocycles. The highest BCUT2D eigenvalue weighted by Gasteiger charge is 2.57. The Morgan fingerprint density at radius 3 is 2.54 bits per heavy atom. The van der Waals surface area contributed by atoms with Crippen LogP contribution in [-0.2, 0) is 26.2 Å². The van der Waals surface area contributed by atoms with Gasteiger partial charge < -0.3 is 19.9 Å². The lowest BCUT2D eigenvalue weighted by Gasteiger charge is -2.29. The molecule has 0 radical (unpaired) electrons. The molecule has 156 valence electrons. The number of alkyl halides is 3. The number of aryl methyl sites for hydroxylation is 2. The maximum absolute atomic E-state index is 13.6. The number of hydrogen-bond acceptors (Lipinski definition) is 5. The third-order valence-electron chi connectivity index (χ3n) is 4.28. The van der Waals surface area contributed by atoms with Crippen molar-refractivity contribution in [3.05, 3.63) is 30.4 Å². The minimum atomic E-state index is -4.88. The summed E-state index contributed by atoms with van der Waals surface area (Å²) in [7, 11) is 4.89. The largest absolute Gasteiger partial charge is 0.424 e. The van der Waals surface area contributed by atoms with E-state index in [1.54, 1.807) is 23.7 Å². The highest BCUT2D eigenvalue weighted by molar-refractivity contribution is 5.79. The number of nitrogens with zero attached hydrogens (tertiary/aromatic N) is 7. The van der Waals surface area contributed by atoms with Gasteiger partial charge in [0.05, 0.1) is 6.54 Å². The van der Waals surface area contributed by atoms with Crippen LogP contribution in [-0.4, -0.2) is 66.6 Å². The van der Waals surface area contributed by atoms with Crippen LogP contribution < -0.4 is 5.32 Å². The predicted octanol–water partition coefficient (Wildman–Crippen LogP) is 0.786. The summed E-state index contributed by atoms with van der Waals surface area (Å²) in [5, 5.41) is 17.4. The number of nitrogens with one attached hydrogen (secondary N) is 1. The van der Waals surface area contributed by atoms with E-state index in [1.807, 2.05) is 6.92 Å². The minimum absolute atomic E-state index is 0.256. The molecule has 0 amide bonds. The molecular formula is C16H25F3N8O. The molecule has 0 spiro atoms. The number of aromatic nitrogens is 5. The van der Waals surface area contributed by atoms with Gasteiger partial charge in [-0.1, -0.05) is 0 Å². The van der Waals surface area contributed by atoms with E-state index in [4.69, 9.17) is 0 Å². The molecule has 9 nitrogen and oxygen atoms in total. The predicted molar refractivity (Wildman–Crippen MR) is 96.2 cm³/mol. The van der Waals surface area contributed by atoms with Gasteiger partial charge in [0.15, 0.2) is 5.96 Å². The van der Waals surface area contributed by atoms with Crippen molar-refractivity contribution < 1.29 is 18.3 Å². The number of guanidine groups is 1. The molecule has 28 heavy (non-hydrogen) atoms. The summed E-state index contributed by atoms with van der Waals surface area (Å²) in [6, 6.07) is 0. The van der Waals surface area contributed by atoms with Crippen molar-refractivity contribution in [1.29, 1.82) is 0 Å². The SMILES string of the molecule is CCNC(=NCCC(O)(c1nccn1C)C(F)(F)F)N(C)Cc1ncnn1C. The van der Waals surface area contributed by atoms with Gasteiger partial charge in [-0.05, 0) is 6.92 Å². The van der Waals surface area contributed by atoms with E-state index in [1.165, 1.54) is 25.8 Å². The second-order valence-corrected chi connectivity index (χ2v) is 6.36. The highest BCUT2D eigenvalue weighted by atomic mass is 19.4. The lowest BCUT2D eigenvalue weighted by molar-refractivity contribution is -0.272. The normalized spacial score (nSPS) is 14.8. The number of hydrogen-bond donors (Lipinski definition) is 2. The Balaban J connectivity index is 2.16. The molecule has 0 saturated heterocycles. The number of aliphatic imine (C=N–C) groups is 1. The number of imidazole rings is 1. The van der Waals surface area contributed by atoms with E-state index in [0.29, 0.717) is 24.9 Å². The van der Waals surface area contributed by atoms with Crippen molar-refractivity contribution in [3.8, 4) is 0 Å². The van der Waals surface area contributed by atoms with Crippen molar-refractivity contribution in [2.45, 2.75) is 31.7 Å². The molecule has 1 atom stereocenters. The Kier molecular flexibility index (Phi) is 6.65. The summed E-state index contributed by atoms with van der Waals surface area (Å²) < 4.78 is 43.5. The molecule has 12 heteroatoms. The van der Waals surface area contributed by atoms with E-state index >= 15 is 0 Å². The van der Waals surface area contributed by atoms with Gasteiger partial charge in [0, 0.05) is 53.0 Å². The smallest absolute Gasteiger partial charge is 0.374 e. The van der Waals surface area contributed by atoms with Gasteiger partial charge in [-0.15, -0.1) is 0 Å². The lowest BCUT2D eigenvalue weighted by atomic mass is 9.98. The third kappa shape index (κ3) is 4.61. The summed E-state index contributed by atoms with van der Waals surface area (Å²) >= 11 is 0. The van der Waals surface area contributed by atoms with Crippen molar-refractivity contribution in [2.75, 3.05) is 20.1 Å². The van der Waals surface area contributed by atoms with Gasteiger partial charge >= 0.3 is 6.18 Å². The van der Waals surface area contributed by atoms with E-state index in [9.17, 15) is 18.3 Å². The molecule has 0 aliphatic carbocycles. The van der Waals surface area contributed by atoms with Crippen LogP contribution in [0.3, 0.4) is 0 Å². The first kappa shape index (κ1) is 21.7. The molecule has 2 aromatic rings. The first-order valence-corrected chi connectivity index (χ1v) is 8.69. The maximum atomic E-state index is 13.6. The standard InChI is InChI=1S/C16H25F3N8O/c1-5-20-14(26(3)10-12-23-11-24-27(12)4)22-7-6-15(28,16(17,18)19)13-21-8-9-25(13)2/h8-9,11,28H,5-7,10H2,1-4H3,(H,20,22). The number of halogens is 3. The summed E-state index contributed by atoms with van der Waals surface area (Å²) in [6.07, 6.45) is -1.55. The fourth-order valence-electron chi connectivity index (χ4n) is 2.69. The summed E-state index contributed by atoms with van der Waals surface area (Å²) in [6.45, 7) is 2.50. The summed E-state index contributed by atoms with van der Waals surface area (Å²) in [5.41, 5.74) is -3.09. The fraction of sp³-hybridized carbons (Fsp3) is 0.625. The van der Waals surface area contributed by atoms with Crippen LogP contribution in [0.2, 0.25) is 0 Å². The zero-order valence-corrected chi connectivity index (χ0v) is 16.3. The fourth-order valence-corrected chi connectivity index (χ4v) is 2.69. The van der Waals surface area contributed by atoms with Crippen LogP contribution in [0.25, 0.3) is 0 Å². The molecular weight excluding hydrogens is 377 g/mol. The average Bonchev–Trinajstić information content (AvgIpc) is 3.21. The van der Waals surface area contributed by atoms with Crippen LogP contribution in [0.5, 0.6) is 0 Å². The Bertz CT molecular complexity index is 800. The highest BCUT2D eigenvalue weighted by Crippen LogP contribution is 2.40. The van der Waals surface area contributed by atoms with Crippen molar-refractivity contribution in [2.24, 2.45) is 19.1 Å². The van der Waals surface area contributed by atoms with Gasteiger partial charge in [-0.25, -0.2) is 9.97 Å². The molecule has 0 aromatic carbocycles. The van der Waals surface area contributed by atoms with Gasteiger partial charge in [0.1, 0.15) is 18.0 Å². The second kappa shape index (κ2) is 8.59.